The van der Waals surface area contributed by atoms with E-state index < -0.39 is 42.5 Å². The summed E-state index contributed by atoms with van der Waals surface area (Å²) >= 11 is 0. The van der Waals surface area contributed by atoms with E-state index in [1.807, 2.05) is 0 Å². The predicted molar refractivity (Wildman–Crippen MR) is 54.0 cm³/mol. The number of hydrogen-bond acceptors (Lipinski definition) is 5. The normalized spacial score (nSPS) is 25.6. The summed E-state index contributed by atoms with van der Waals surface area (Å²) in [6.45, 7) is -0.136. The number of likely N-dealkylation sites (tertiary alicyclic amines) is 1. The van der Waals surface area contributed by atoms with Crippen LogP contribution in [0.3, 0.4) is 0 Å². The second kappa shape index (κ2) is 5.11. The summed E-state index contributed by atoms with van der Waals surface area (Å²) in [5.74, 6) is -3.24. The zero-order chi connectivity index (χ0) is 13.2. The van der Waals surface area contributed by atoms with E-state index in [9.17, 15) is 19.5 Å². The van der Waals surface area contributed by atoms with Crippen molar-refractivity contribution < 1.29 is 29.7 Å². The minimum absolute atomic E-state index is 0.0686. The third kappa shape index (κ3) is 3.14. The molecule has 17 heavy (non-hydrogen) atoms. The van der Waals surface area contributed by atoms with Crippen LogP contribution >= 0.6 is 0 Å². The average Bonchev–Trinajstić information content (AvgIpc) is 2.58. The average molecular weight is 246 g/mol. The van der Waals surface area contributed by atoms with Crippen LogP contribution in [0.1, 0.15) is 12.8 Å². The van der Waals surface area contributed by atoms with E-state index in [1.165, 1.54) is 0 Å². The van der Waals surface area contributed by atoms with Gasteiger partial charge in [-0.2, -0.15) is 0 Å². The fourth-order valence-electron chi connectivity index (χ4n) is 1.78. The van der Waals surface area contributed by atoms with Gasteiger partial charge in [-0.25, -0.2) is 4.79 Å². The Bertz CT molecular complexity index is 344. The van der Waals surface area contributed by atoms with Crippen LogP contribution in [0.2, 0.25) is 0 Å². The number of nitrogens with zero attached hydrogens (tertiary/aromatic N) is 1. The van der Waals surface area contributed by atoms with Crippen LogP contribution in [0.5, 0.6) is 0 Å². The first-order valence-electron chi connectivity index (χ1n) is 5.01. The summed E-state index contributed by atoms with van der Waals surface area (Å²) < 4.78 is 0. The molecule has 3 atom stereocenters. The number of amides is 1. The molecule has 0 aromatic carbocycles. The molecule has 0 aromatic rings. The fourth-order valence-corrected chi connectivity index (χ4v) is 1.78. The van der Waals surface area contributed by atoms with Gasteiger partial charge in [0.1, 0.15) is 6.04 Å². The first kappa shape index (κ1) is 13.4. The third-order valence-electron chi connectivity index (χ3n) is 2.56. The number of carbonyl (C=O) groups is 3. The Hall–Kier alpha value is -1.67. The lowest BCUT2D eigenvalue weighted by Crippen LogP contribution is -2.49. The quantitative estimate of drug-likeness (QED) is 0.442. The van der Waals surface area contributed by atoms with Crippen molar-refractivity contribution >= 4 is 17.8 Å². The molecule has 8 heteroatoms. The largest absolute Gasteiger partial charge is 0.481 e. The highest BCUT2D eigenvalue weighted by atomic mass is 16.4. The number of aliphatic hydroxyl groups excluding tert-OH is 1. The Balaban J connectivity index is 2.73. The molecule has 0 bridgehead atoms. The molecule has 5 N–H and O–H groups in total. The van der Waals surface area contributed by atoms with Crippen molar-refractivity contribution in [3.8, 4) is 0 Å². The van der Waals surface area contributed by atoms with E-state index in [0.29, 0.717) is 0 Å². The Labute approximate surface area is 96.6 Å². The Morgan fingerprint density at radius 3 is 2.41 bits per heavy atom. The maximum absolute atomic E-state index is 11.7. The van der Waals surface area contributed by atoms with E-state index in [2.05, 4.69) is 0 Å². The van der Waals surface area contributed by atoms with Crippen LogP contribution in [0.25, 0.3) is 0 Å². The number of aliphatic carboxylic acids is 2. The number of nitrogens with two attached hydrogens (primary N) is 1. The lowest BCUT2D eigenvalue weighted by molar-refractivity contribution is -0.149. The van der Waals surface area contributed by atoms with Gasteiger partial charge in [-0.15, -0.1) is 0 Å². The summed E-state index contributed by atoms with van der Waals surface area (Å²) in [7, 11) is 0. The minimum atomic E-state index is -1.29. The second-order valence-electron chi connectivity index (χ2n) is 3.94. The highest BCUT2D eigenvalue weighted by Gasteiger charge is 2.40. The number of aliphatic hydroxyl groups is 1. The van der Waals surface area contributed by atoms with Gasteiger partial charge in [-0.05, 0) is 0 Å². The summed E-state index contributed by atoms with van der Waals surface area (Å²) in [5, 5.41) is 26.7. The van der Waals surface area contributed by atoms with Gasteiger partial charge in [0.25, 0.3) is 0 Å². The molecule has 0 spiro atoms. The first-order chi connectivity index (χ1) is 7.82. The molecule has 0 radical (unpaired) electrons. The van der Waals surface area contributed by atoms with Gasteiger partial charge in [0.15, 0.2) is 0 Å². The summed E-state index contributed by atoms with van der Waals surface area (Å²) in [5.41, 5.74) is 5.36. The zero-order valence-electron chi connectivity index (χ0n) is 8.94. The molecule has 96 valence electrons. The molecule has 0 aromatic heterocycles. The molecule has 0 aliphatic carbocycles. The molecule has 1 amide bonds. The molecule has 3 unspecified atom stereocenters. The second-order valence-corrected chi connectivity index (χ2v) is 3.94. The predicted octanol–water partition coefficient (Wildman–Crippen LogP) is -2.17. The number of carboxylic acid groups (broad SMARTS) is 2. The van der Waals surface area contributed by atoms with Crippen LogP contribution < -0.4 is 5.73 Å². The molecule has 1 aliphatic rings. The standard InChI is InChI=1S/C9H14N2O6/c10-5(2-7(13)14)8(15)11-3-4(12)1-6(11)9(16)17/h4-6,12H,1-3,10H2,(H,13,14)(H,16,17). The van der Waals surface area contributed by atoms with E-state index in [-0.39, 0.29) is 13.0 Å². The van der Waals surface area contributed by atoms with Crippen LogP contribution in [-0.2, 0) is 14.4 Å². The van der Waals surface area contributed by atoms with Gasteiger partial charge in [0.05, 0.1) is 18.6 Å². The van der Waals surface area contributed by atoms with Crippen molar-refractivity contribution in [2.45, 2.75) is 31.0 Å². The van der Waals surface area contributed by atoms with Crippen LogP contribution in [-0.4, -0.2) is 62.8 Å². The summed E-state index contributed by atoms with van der Waals surface area (Å²) in [6.07, 6.45) is -1.56. The van der Waals surface area contributed by atoms with Gasteiger partial charge < -0.3 is 26.0 Å². The fraction of sp³-hybridized carbons (Fsp3) is 0.667. The molecule has 8 nitrogen and oxygen atoms in total. The third-order valence-corrected chi connectivity index (χ3v) is 2.56. The monoisotopic (exact) mass is 246 g/mol. The summed E-state index contributed by atoms with van der Waals surface area (Å²) in [6, 6.07) is -2.43. The van der Waals surface area contributed by atoms with E-state index in [4.69, 9.17) is 15.9 Å². The van der Waals surface area contributed by atoms with Crippen molar-refractivity contribution in [3.05, 3.63) is 0 Å². The topological polar surface area (TPSA) is 141 Å². The Morgan fingerprint density at radius 1 is 1.35 bits per heavy atom. The number of β-amino-alcohol motifs (C(OH)–C–C–N with tert-alkyl or cyclic N) is 1. The van der Waals surface area contributed by atoms with Gasteiger partial charge in [-0.1, -0.05) is 0 Å². The molecule has 1 aliphatic heterocycles. The smallest absolute Gasteiger partial charge is 0.326 e. The Morgan fingerprint density at radius 2 is 1.94 bits per heavy atom. The SMILES string of the molecule is NC(CC(=O)O)C(=O)N1CC(O)CC1C(=O)O. The minimum Gasteiger partial charge on any atom is -0.481 e. The number of hydrogen-bond donors (Lipinski definition) is 4. The first-order valence-corrected chi connectivity index (χ1v) is 5.01. The van der Waals surface area contributed by atoms with E-state index in [1.54, 1.807) is 0 Å². The zero-order valence-corrected chi connectivity index (χ0v) is 8.94. The highest BCUT2D eigenvalue weighted by molar-refractivity contribution is 5.90. The molecular weight excluding hydrogens is 232 g/mol. The van der Waals surface area contributed by atoms with Crippen LogP contribution in [0.15, 0.2) is 0 Å². The van der Waals surface area contributed by atoms with Crippen LogP contribution in [0.4, 0.5) is 0 Å². The number of rotatable bonds is 4. The maximum Gasteiger partial charge on any atom is 0.326 e. The van der Waals surface area contributed by atoms with Crippen molar-refractivity contribution in [1.29, 1.82) is 0 Å². The molecular formula is C9H14N2O6. The molecule has 1 saturated heterocycles. The van der Waals surface area contributed by atoms with Gasteiger partial charge in [0.2, 0.25) is 5.91 Å². The van der Waals surface area contributed by atoms with E-state index in [0.717, 1.165) is 4.90 Å². The van der Waals surface area contributed by atoms with Gasteiger partial charge in [0, 0.05) is 13.0 Å². The highest BCUT2D eigenvalue weighted by Crippen LogP contribution is 2.19. The molecule has 1 fully saturated rings. The Kier molecular flexibility index (Phi) is 4.02. The van der Waals surface area contributed by atoms with Crippen molar-refractivity contribution in [3.63, 3.8) is 0 Å². The van der Waals surface area contributed by atoms with Gasteiger partial charge >= 0.3 is 11.9 Å². The van der Waals surface area contributed by atoms with Crippen molar-refractivity contribution in [1.82, 2.24) is 4.90 Å². The number of carboxylic acids is 2. The lowest BCUT2D eigenvalue weighted by Gasteiger charge is -2.23. The van der Waals surface area contributed by atoms with E-state index >= 15 is 0 Å². The molecule has 1 rings (SSSR count). The number of carbonyl (C=O) groups excluding carboxylic acids is 1. The maximum atomic E-state index is 11.7. The van der Waals surface area contributed by atoms with Crippen molar-refractivity contribution in [2.75, 3.05) is 6.54 Å². The lowest BCUT2D eigenvalue weighted by atomic mass is 10.1. The van der Waals surface area contributed by atoms with Crippen molar-refractivity contribution in [2.24, 2.45) is 5.73 Å². The van der Waals surface area contributed by atoms with Crippen LogP contribution in [0, 0.1) is 0 Å². The summed E-state index contributed by atoms with van der Waals surface area (Å²) in [4.78, 5) is 33.9. The molecule has 0 saturated carbocycles. The molecule has 1 heterocycles. The van der Waals surface area contributed by atoms with Gasteiger partial charge in [-0.3, -0.25) is 9.59 Å².